The van der Waals surface area contributed by atoms with Crippen LogP contribution in [-0.2, 0) is 13.0 Å². The lowest BCUT2D eigenvalue weighted by Crippen LogP contribution is -2.28. The van der Waals surface area contributed by atoms with Gasteiger partial charge < -0.3 is 4.42 Å². The Balaban J connectivity index is 1.92. The number of aromatic nitrogens is 3. The van der Waals surface area contributed by atoms with Crippen LogP contribution in [0.1, 0.15) is 49.7 Å². The van der Waals surface area contributed by atoms with Crippen molar-refractivity contribution in [3.05, 3.63) is 22.1 Å². The van der Waals surface area contributed by atoms with Crippen molar-refractivity contribution >= 4 is 11.2 Å². The van der Waals surface area contributed by atoms with E-state index in [4.69, 9.17) is 4.42 Å². The van der Waals surface area contributed by atoms with E-state index in [2.05, 4.69) is 9.97 Å². The van der Waals surface area contributed by atoms with Crippen LogP contribution in [0.4, 0.5) is 0 Å². The zero-order valence-corrected chi connectivity index (χ0v) is 10.2. The molecule has 3 heterocycles. The maximum Gasteiger partial charge on any atom is 0.283 e. The number of hydrogen-bond donors (Lipinski definition) is 0. The molecule has 0 N–H and O–H groups in total. The number of rotatable bonds is 1. The van der Waals surface area contributed by atoms with E-state index in [1.807, 2.05) is 0 Å². The summed E-state index contributed by atoms with van der Waals surface area (Å²) in [4.78, 5) is 21.2. The molecular weight excluding hydrogens is 230 g/mol. The number of nitrogens with zero attached hydrogens (tertiary/aromatic N) is 3. The van der Waals surface area contributed by atoms with E-state index in [0.717, 1.165) is 44.5 Å². The minimum atomic E-state index is -0.0241. The van der Waals surface area contributed by atoms with Crippen LogP contribution >= 0.6 is 0 Å². The van der Waals surface area contributed by atoms with Crippen LogP contribution in [0.2, 0.25) is 0 Å². The molecule has 1 aliphatic heterocycles. The van der Waals surface area contributed by atoms with Crippen molar-refractivity contribution in [3.8, 4) is 0 Å². The van der Waals surface area contributed by atoms with Crippen molar-refractivity contribution < 1.29 is 4.42 Å². The third-order valence-corrected chi connectivity index (χ3v) is 4.10. The third-order valence-electron chi connectivity index (χ3n) is 4.10. The van der Waals surface area contributed by atoms with Gasteiger partial charge in [-0.2, -0.15) is 4.98 Å². The van der Waals surface area contributed by atoms with E-state index in [9.17, 15) is 4.79 Å². The highest BCUT2D eigenvalue weighted by Gasteiger charge is 2.27. The molecule has 1 saturated carbocycles. The van der Waals surface area contributed by atoms with Crippen molar-refractivity contribution in [1.29, 1.82) is 0 Å². The molecule has 0 unspecified atom stereocenters. The summed E-state index contributed by atoms with van der Waals surface area (Å²) in [5, 5.41) is 0. The molecule has 0 bridgehead atoms. The molecule has 1 aliphatic carbocycles. The van der Waals surface area contributed by atoms with Crippen LogP contribution in [0.15, 0.2) is 9.21 Å². The van der Waals surface area contributed by atoms with E-state index in [-0.39, 0.29) is 5.56 Å². The monoisotopic (exact) mass is 245 g/mol. The molecule has 94 valence electrons. The predicted octanol–water partition coefficient (Wildman–Crippen LogP) is 1.99. The highest BCUT2D eigenvalue weighted by molar-refractivity contribution is 5.66. The summed E-state index contributed by atoms with van der Waals surface area (Å²) >= 11 is 0. The van der Waals surface area contributed by atoms with Crippen molar-refractivity contribution in [2.75, 3.05) is 0 Å². The molecular formula is C13H15N3O2. The first-order chi connectivity index (χ1) is 8.83. The predicted molar refractivity (Wildman–Crippen MR) is 65.6 cm³/mol. The van der Waals surface area contributed by atoms with E-state index < -0.39 is 0 Å². The lowest BCUT2D eigenvalue weighted by Gasteiger charge is -2.21. The fourth-order valence-corrected chi connectivity index (χ4v) is 2.77. The van der Waals surface area contributed by atoms with Gasteiger partial charge >= 0.3 is 0 Å². The molecule has 5 heteroatoms. The van der Waals surface area contributed by atoms with Gasteiger partial charge in [0.1, 0.15) is 5.82 Å². The summed E-state index contributed by atoms with van der Waals surface area (Å²) in [6.07, 6.45) is 6.48. The summed E-state index contributed by atoms with van der Waals surface area (Å²) < 4.78 is 7.45. The number of aryl methyl sites for hydroxylation is 1. The lowest BCUT2D eigenvalue weighted by molar-refractivity contribution is 0.342. The van der Waals surface area contributed by atoms with Crippen molar-refractivity contribution in [1.82, 2.24) is 14.5 Å². The topological polar surface area (TPSA) is 60.9 Å². The molecule has 2 aromatic rings. The van der Waals surface area contributed by atoms with Crippen LogP contribution in [0, 0.1) is 0 Å². The quantitative estimate of drug-likeness (QED) is 0.770. The molecule has 5 nitrogen and oxygen atoms in total. The van der Waals surface area contributed by atoms with E-state index >= 15 is 0 Å². The Kier molecular flexibility index (Phi) is 2.10. The zero-order valence-electron chi connectivity index (χ0n) is 10.2. The minimum Gasteiger partial charge on any atom is -0.422 e. The summed E-state index contributed by atoms with van der Waals surface area (Å²) in [6, 6.07) is 0. The molecule has 1 fully saturated rings. The highest BCUT2D eigenvalue weighted by atomic mass is 16.4. The smallest absolute Gasteiger partial charge is 0.283 e. The third kappa shape index (κ3) is 1.36. The second-order valence-corrected chi connectivity index (χ2v) is 5.28. The minimum absolute atomic E-state index is 0.0241. The van der Waals surface area contributed by atoms with Gasteiger partial charge in [0.2, 0.25) is 5.89 Å². The molecule has 0 radical (unpaired) electrons. The molecule has 2 aromatic heterocycles. The summed E-state index contributed by atoms with van der Waals surface area (Å²) in [5.74, 6) is 1.97. The fourth-order valence-electron chi connectivity index (χ4n) is 2.77. The first-order valence-electron chi connectivity index (χ1n) is 6.73. The molecule has 0 amide bonds. The van der Waals surface area contributed by atoms with E-state index in [1.165, 1.54) is 6.42 Å². The standard InChI is InChI=1S/C13H15N3O2/c17-13-10-12(14-9-6-1-2-7-16(9)13)18-11(15-10)8-4-3-5-8/h8H,1-7H2. The van der Waals surface area contributed by atoms with Gasteiger partial charge in [0.05, 0.1) is 0 Å². The average molecular weight is 245 g/mol. The van der Waals surface area contributed by atoms with Crippen LogP contribution in [0.25, 0.3) is 11.2 Å². The molecule has 0 spiro atoms. The van der Waals surface area contributed by atoms with E-state index in [0.29, 0.717) is 23.0 Å². The van der Waals surface area contributed by atoms with E-state index in [1.54, 1.807) is 4.57 Å². The Morgan fingerprint density at radius 3 is 2.83 bits per heavy atom. The Hall–Kier alpha value is -1.65. The Morgan fingerprint density at radius 2 is 2.06 bits per heavy atom. The Morgan fingerprint density at radius 1 is 1.17 bits per heavy atom. The molecule has 0 saturated heterocycles. The molecule has 0 aromatic carbocycles. The highest BCUT2D eigenvalue weighted by Crippen LogP contribution is 2.36. The SMILES string of the molecule is O=c1c2nc(C3CCC3)oc2nc2n1CCCC2. The van der Waals surface area contributed by atoms with Gasteiger partial charge in [0.25, 0.3) is 11.3 Å². The Labute approximate surface area is 104 Å². The first kappa shape index (κ1) is 10.3. The number of hydrogen-bond acceptors (Lipinski definition) is 4. The maximum atomic E-state index is 12.3. The van der Waals surface area contributed by atoms with Crippen molar-refractivity contribution in [3.63, 3.8) is 0 Å². The second-order valence-electron chi connectivity index (χ2n) is 5.28. The lowest BCUT2D eigenvalue weighted by atomic mass is 9.85. The van der Waals surface area contributed by atoms with Gasteiger partial charge in [-0.1, -0.05) is 6.42 Å². The second kappa shape index (κ2) is 3.67. The van der Waals surface area contributed by atoms with Gasteiger partial charge in [-0.05, 0) is 25.7 Å². The summed E-state index contributed by atoms with van der Waals surface area (Å²) in [6.45, 7) is 0.767. The van der Waals surface area contributed by atoms with Crippen LogP contribution in [0.3, 0.4) is 0 Å². The van der Waals surface area contributed by atoms with Crippen molar-refractivity contribution in [2.24, 2.45) is 0 Å². The summed E-state index contributed by atoms with van der Waals surface area (Å²) in [7, 11) is 0. The number of oxazole rings is 1. The Bertz CT molecular complexity index is 667. The zero-order chi connectivity index (χ0) is 12.1. The largest absolute Gasteiger partial charge is 0.422 e. The van der Waals surface area contributed by atoms with Gasteiger partial charge in [0, 0.05) is 18.9 Å². The van der Waals surface area contributed by atoms with Crippen LogP contribution < -0.4 is 5.56 Å². The molecule has 4 rings (SSSR count). The molecule has 2 aliphatic rings. The average Bonchev–Trinajstić information content (AvgIpc) is 2.71. The molecule has 18 heavy (non-hydrogen) atoms. The van der Waals surface area contributed by atoms with Crippen molar-refractivity contribution in [2.45, 2.75) is 51.0 Å². The van der Waals surface area contributed by atoms with Crippen LogP contribution in [-0.4, -0.2) is 14.5 Å². The molecule has 0 atom stereocenters. The normalized spacial score (nSPS) is 19.8. The maximum absolute atomic E-state index is 12.3. The van der Waals surface area contributed by atoms with Gasteiger partial charge in [-0.3, -0.25) is 9.36 Å². The van der Waals surface area contributed by atoms with Crippen LogP contribution in [0.5, 0.6) is 0 Å². The van der Waals surface area contributed by atoms with Gasteiger partial charge in [-0.15, -0.1) is 0 Å². The van der Waals surface area contributed by atoms with Gasteiger partial charge in [0.15, 0.2) is 5.52 Å². The summed E-state index contributed by atoms with van der Waals surface area (Å²) in [5.41, 5.74) is 0.835. The first-order valence-corrected chi connectivity index (χ1v) is 6.73. The fraction of sp³-hybridized carbons (Fsp3) is 0.615. The number of fused-ring (bicyclic) bond motifs is 2. The van der Waals surface area contributed by atoms with Gasteiger partial charge in [-0.25, -0.2) is 4.98 Å².